The number of thioether (sulfide) groups is 1. The molecule has 0 aliphatic heterocycles. The minimum atomic E-state index is 0.225. The normalized spacial score (nSPS) is 12.8. The van der Waals surface area contributed by atoms with Crippen molar-refractivity contribution >= 4 is 11.8 Å². The fourth-order valence-electron chi connectivity index (χ4n) is 1.48. The molecule has 16 heavy (non-hydrogen) atoms. The van der Waals surface area contributed by atoms with Crippen molar-refractivity contribution in [2.45, 2.75) is 37.5 Å². The van der Waals surface area contributed by atoms with Crippen molar-refractivity contribution in [2.75, 3.05) is 13.2 Å². The Kier molecular flexibility index (Phi) is 5.88. The molecule has 2 nitrogen and oxygen atoms in total. The molecule has 1 rings (SSSR count). The van der Waals surface area contributed by atoms with Crippen molar-refractivity contribution in [3.8, 4) is 0 Å². The molecule has 0 amide bonds. The van der Waals surface area contributed by atoms with Crippen molar-refractivity contribution in [3.63, 3.8) is 0 Å². The summed E-state index contributed by atoms with van der Waals surface area (Å²) in [5.74, 6) is 0. The molecule has 0 radical (unpaired) electrons. The number of aliphatic hydroxyl groups excluding tert-OH is 1. The Bertz CT molecular complexity index is 328. The van der Waals surface area contributed by atoms with Crippen LogP contribution in [0.1, 0.15) is 25.0 Å². The summed E-state index contributed by atoms with van der Waals surface area (Å²) in [6.45, 7) is 8.43. The zero-order valence-corrected chi connectivity index (χ0v) is 11.1. The van der Waals surface area contributed by atoms with Crippen molar-refractivity contribution in [1.29, 1.82) is 0 Å². The molecule has 1 unspecified atom stereocenters. The second-order valence-electron chi connectivity index (χ2n) is 3.99. The predicted molar refractivity (Wildman–Crippen MR) is 71.0 cm³/mol. The van der Waals surface area contributed by atoms with Crippen LogP contribution in [0.4, 0.5) is 0 Å². The third kappa shape index (κ3) is 4.16. The van der Waals surface area contributed by atoms with Gasteiger partial charge in [-0.05, 0) is 30.7 Å². The summed E-state index contributed by atoms with van der Waals surface area (Å²) in [6.07, 6.45) is 0. The molecule has 0 aliphatic carbocycles. The number of aryl methyl sites for hydroxylation is 1. The Balaban J connectivity index is 2.67. The molecule has 0 aliphatic rings. The van der Waals surface area contributed by atoms with Gasteiger partial charge in [0.15, 0.2) is 0 Å². The maximum absolute atomic E-state index is 9.03. The average Bonchev–Trinajstić information content (AvgIpc) is 2.29. The highest BCUT2D eigenvalue weighted by atomic mass is 32.2. The predicted octanol–water partition coefficient (Wildman–Crippen LogP) is 2.58. The Morgan fingerprint density at radius 1 is 1.44 bits per heavy atom. The molecular formula is C13H21NOS. The molecule has 3 heteroatoms. The maximum Gasteiger partial charge on any atom is 0.0550 e. The Hall–Kier alpha value is -0.510. The van der Waals surface area contributed by atoms with Gasteiger partial charge in [0, 0.05) is 16.7 Å². The van der Waals surface area contributed by atoms with Crippen LogP contribution >= 0.6 is 11.8 Å². The van der Waals surface area contributed by atoms with Crippen LogP contribution in [0.2, 0.25) is 0 Å². The second-order valence-corrected chi connectivity index (χ2v) is 5.47. The lowest BCUT2D eigenvalue weighted by Crippen LogP contribution is -2.11. The molecule has 0 aromatic heterocycles. The molecule has 2 N–H and O–H groups in total. The van der Waals surface area contributed by atoms with Crippen molar-refractivity contribution in [2.24, 2.45) is 0 Å². The van der Waals surface area contributed by atoms with E-state index in [-0.39, 0.29) is 11.9 Å². The summed E-state index contributed by atoms with van der Waals surface area (Å²) >= 11 is 1.73. The molecule has 0 spiro atoms. The number of nitrogens with one attached hydrogen (secondary N) is 1. The van der Waals surface area contributed by atoms with E-state index >= 15 is 0 Å². The first kappa shape index (κ1) is 13.6. The van der Waals surface area contributed by atoms with E-state index in [1.165, 1.54) is 16.0 Å². The lowest BCUT2D eigenvalue weighted by atomic mass is 10.1. The molecule has 0 heterocycles. The van der Waals surface area contributed by atoms with Gasteiger partial charge >= 0.3 is 0 Å². The van der Waals surface area contributed by atoms with Crippen LogP contribution in [0.15, 0.2) is 23.1 Å². The second kappa shape index (κ2) is 6.94. The summed E-state index contributed by atoms with van der Waals surface area (Å²) in [7, 11) is 0. The van der Waals surface area contributed by atoms with E-state index in [0.717, 1.165) is 13.1 Å². The van der Waals surface area contributed by atoms with Crippen LogP contribution in [-0.4, -0.2) is 23.5 Å². The van der Waals surface area contributed by atoms with Crippen LogP contribution in [0.25, 0.3) is 0 Å². The van der Waals surface area contributed by atoms with Gasteiger partial charge in [-0.25, -0.2) is 0 Å². The van der Waals surface area contributed by atoms with E-state index in [4.69, 9.17) is 5.11 Å². The van der Waals surface area contributed by atoms with E-state index in [0.29, 0.717) is 0 Å². The third-order valence-corrected chi connectivity index (χ3v) is 3.67. The van der Waals surface area contributed by atoms with Gasteiger partial charge < -0.3 is 10.4 Å². The van der Waals surface area contributed by atoms with E-state index in [1.807, 2.05) is 6.92 Å². The average molecular weight is 239 g/mol. The summed E-state index contributed by atoms with van der Waals surface area (Å²) < 4.78 is 0. The van der Waals surface area contributed by atoms with Crippen molar-refractivity contribution < 1.29 is 5.11 Å². The first-order valence-corrected chi connectivity index (χ1v) is 6.63. The van der Waals surface area contributed by atoms with Gasteiger partial charge in [0.2, 0.25) is 0 Å². The zero-order valence-electron chi connectivity index (χ0n) is 10.3. The van der Waals surface area contributed by atoms with Crippen molar-refractivity contribution in [1.82, 2.24) is 5.32 Å². The monoisotopic (exact) mass is 239 g/mol. The number of hydrogen-bond donors (Lipinski definition) is 2. The standard InChI is InChI=1S/C13H21NOS/c1-4-14-8-12-5-6-13(10(2)7-12)16-11(3)9-15/h5-7,11,14-15H,4,8-9H2,1-3H3. The lowest BCUT2D eigenvalue weighted by molar-refractivity contribution is 0.300. The van der Waals surface area contributed by atoms with Gasteiger partial charge in [0.1, 0.15) is 0 Å². The Labute approximate surface area is 102 Å². The third-order valence-electron chi connectivity index (χ3n) is 2.40. The van der Waals surface area contributed by atoms with Gasteiger partial charge in [-0.3, -0.25) is 0 Å². The minimum Gasteiger partial charge on any atom is -0.395 e. The smallest absolute Gasteiger partial charge is 0.0550 e. The molecule has 1 aromatic carbocycles. The highest BCUT2D eigenvalue weighted by Gasteiger charge is 2.05. The first-order valence-electron chi connectivity index (χ1n) is 5.75. The molecule has 1 atom stereocenters. The lowest BCUT2D eigenvalue weighted by Gasteiger charge is -2.11. The largest absolute Gasteiger partial charge is 0.395 e. The first-order chi connectivity index (χ1) is 7.67. The van der Waals surface area contributed by atoms with E-state index in [2.05, 4.69) is 37.4 Å². The van der Waals surface area contributed by atoms with E-state index in [1.54, 1.807) is 11.8 Å². The minimum absolute atomic E-state index is 0.225. The topological polar surface area (TPSA) is 32.3 Å². The van der Waals surface area contributed by atoms with Gasteiger partial charge in [-0.2, -0.15) is 0 Å². The summed E-state index contributed by atoms with van der Waals surface area (Å²) in [5.41, 5.74) is 2.61. The molecule has 0 saturated heterocycles. The number of rotatable bonds is 6. The fraction of sp³-hybridized carbons (Fsp3) is 0.538. The summed E-state index contributed by atoms with van der Waals surface area (Å²) in [5, 5.41) is 12.6. The van der Waals surface area contributed by atoms with Crippen LogP contribution in [0.3, 0.4) is 0 Å². The van der Waals surface area contributed by atoms with Crippen LogP contribution in [0, 0.1) is 6.92 Å². The fourth-order valence-corrected chi connectivity index (χ4v) is 2.38. The number of hydrogen-bond acceptors (Lipinski definition) is 3. The SMILES string of the molecule is CCNCc1ccc(SC(C)CO)c(C)c1. The highest BCUT2D eigenvalue weighted by Crippen LogP contribution is 2.26. The number of benzene rings is 1. The van der Waals surface area contributed by atoms with Crippen molar-refractivity contribution in [3.05, 3.63) is 29.3 Å². The molecular weight excluding hydrogens is 218 g/mol. The Morgan fingerprint density at radius 3 is 2.75 bits per heavy atom. The van der Waals surface area contributed by atoms with Crippen LogP contribution in [-0.2, 0) is 6.54 Å². The van der Waals surface area contributed by atoms with Gasteiger partial charge in [-0.1, -0.05) is 26.0 Å². The molecule has 0 fully saturated rings. The Morgan fingerprint density at radius 2 is 2.19 bits per heavy atom. The van der Waals surface area contributed by atoms with Gasteiger partial charge in [0.25, 0.3) is 0 Å². The number of aliphatic hydroxyl groups is 1. The van der Waals surface area contributed by atoms with E-state index in [9.17, 15) is 0 Å². The maximum atomic E-state index is 9.03. The zero-order chi connectivity index (χ0) is 12.0. The quantitative estimate of drug-likeness (QED) is 0.748. The molecule has 1 aromatic rings. The van der Waals surface area contributed by atoms with Crippen LogP contribution < -0.4 is 5.32 Å². The van der Waals surface area contributed by atoms with Gasteiger partial charge in [0.05, 0.1) is 6.61 Å². The molecule has 90 valence electrons. The highest BCUT2D eigenvalue weighted by molar-refractivity contribution is 8.00. The van der Waals surface area contributed by atoms with E-state index < -0.39 is 0 Å². The van der Waals surface area contributed by atoms with Gasteiger partial charge in [-0.15, -0.1) is 11.8 Å². The molecule has 0 bridgehead atoms. The van der Waals surface area contributed by atoms with Crippen LogP contribution in [0.5, 0.6) is 0 Å². The summed E-state index contributed by atoms with van der Waals surface area (Å²) in [6, 6.07) is 6.52. The molecule has 0 saturated carbocycles. The summed E-state index contributed by atoms with van der Waals surface area (Å²) in [4.78, 5) is 1.27.